The van der Waals surface area contributed by atoms with Gasteiger partial charge < -0.3 is 4.74 Å². The fourth-order valence-corrected chi connectivity index (χ4v) is 3.79. The van der Waals surface area contributed by atoms with E-state index in [0.29, 0.717) is 28.7 Å². The number of nitrogens with one attached hydrogen (secondary N) is 1. The minimum Gasteiger partial charge on any atom is -0.443 e. The standard InChI is InChI=1S/C25H24N2O4/c1-25(2,3)31-24(30)26-27-14-19(16-8-5-4-6-9-16)20(15-27)23-18-10-7-11-21(28)17(18)12-13-22(23)29/h4-10,12,14-15H,11,13H2,1-3H3,(H,26,30). The summed E-state index contributed by atoms with van der Waals surface area (Å²) in [7, 11) is 0. The summed E-state index contributed by atoms with van der Waals surface area (Å²) >= 11 is 0. The molecule has 2 aromatic rings. The highest BCUT2D eigenvalue weighted by Gasteiger charge is 2.30. The van der Waals surface area contributed by atoms with Gasteiger partial charge in [-0.15, -0.1) is 0 Å². The average Bonchev–Trinajstić information content (AvgIpc) is 3.10. The first-order chi connectivity index (χ1) is 14.7. The fourth-order valence-electron chi connectivity index (χ4n) is 3.79. The minimum atomic E-state index is -0.640. The van der Waals surface area contributed by atoms with Crippen LogP contribution in [0, 0.1) is 0 Å². The maximum absolute atomic E-state index is 13.0. The van der Waals surface area contributed by atoms with Crippen LogP contribution in [0.1, 0.15) is 39.2 Å². The Hall–Kier alpha value is -3.67. The summed E-state index contributed by atoms with van der Waals surface area (Å²) in [6.45, 7) is 5.36. The Labute approximate surface area is 180 Å². The highest BCUT2D eigenvalue weighted by Crippen LogP contribution is 2.39. The third-order valence-electron chi connectivity index (χ3n) is 5.02. The van der Waals surface area contributed by atoms with Crippen molar-refractivity contribution in [2.24, 2.45) is 0 Å². The molecule has 6 nitrogen and oxygen atoms in total. The third-order valence-corrected chi connectivity index (χ3v) is 5.02. The molecule has 1 heterocycles. The summed E-state index contributed by atoms with van der Waals surface area (Å²) in [6.07, 6.45) is 8.69. The van der Waals surface area contributed by atoms with E-state index in [2.05, 4.69) is 5.43 Å². The van der Waals surface area contributed by atoms with Gasteiger partial charge >= 0.3 is 6.09 Å². The Morgan fingerprint density at radius 3 is 2.42 bits per heavy atom. The number of ketones is 2. The van der Waals surface area contributed by atoms with Crippen molar-refractivity contribution in [3.05, 3.63) is 77.7 Å². The number of Topliss-reactive ketones (excluding diaryl/α,β-unsaturated/α-hetero) is 2. The number of rotatable bonds is 3. The first-order valence-corrected chi connectivity index (χ1v) is 10.2. The van der Waals surface area contributed by atoms with Crippen molar-refractivity contribution in [3.8, 4) is 11.1 Å². The van der Waals surface area contributed by atoms with Gasteiger partial charge in [-0.1, -0.05) is 48.6 Å². The summed E-state index contributed by atoms with van der Waals surface area (Å²) in [4.78, 5) is 37.7. The van der Waals surface area contributed by atoms with Crippen LogP contribution < -0.4 is 5.43 Å². The number of carbonyl (C=O) groups excluding carboxylic acids is 3. The van der Waals surface area contributed by atoms with E-state index in [-0.39, 0.29) is 18.0 Å². The van der Waals surface area contributed by atoms with E-state index in [1.165, 1.54) is 4.68 Å². The predicted octanol–water partition coefficient (Wildman–Crippen LogP) is 4.82. The molecule has 2 aliphatic rings. The highest BCUT2D eigenvalue weighted by molar-refractivity contribution is 6.28. The van der Waals surface area contributed by atoms with Crippen LogP contribution in [0.15, 0.2) is 72.1 Å². The summed E-state index contributed by atoms with van der Waals surface area (Å²) in [6, 6.07) is 9.61. The van der Waals surface area contributed by atoms with Crippen molar-refractivity contribution in [3.63, 3.8) is 0 Å². The molecule has 1 aromatic heterocycles. The zero-order chi connectivity index (χ0) is 22.2. The molecule has 2 aliphatic carbocycles. The van der Waals surface area contributed by atoms with Crippen LogP contribution in [0.3, 0.4) is 0 Å². The number of hydrogen-bond donors (Lipinski definition) is 1. The van der Waals surface area contributed by atoms with E-state index in [0.717, 1.165) is 11.1 Å². The SMILES string of the molecule is CC(C)(C)OC(=O)Nn1cc(C2=C3C=CCC(=O)C3=CCC2=O)c(-c2ccccc2)c1. The number of allylic oxidation sites excluding steroid dienone is 6. The van der Waals surface area contributed by atoms with Crippen molar-refractivity contribution in [1.82, 2.24) is 4.68 Å². The molecule has 4 rings (SSSR count). The van der Waals surface area contributed by atoms with Gasteiger partial charge in [0.15, 0.2) is 11.6 Å². The fraction of sp³-hybridized carbons (Fsp3) is 0.240. The quantitative estimate of drug-likeness (QED) is 0.779. The zero-order valence-corrected chi connectivity index (χ0v) is 17.8. The van der Waals surface area contributed by atoms with E-state index in [1.54, 1.807) is 45.3 Å². The number of hydrogen-bond acceptors (Lipinski definition) is 4. The number of fused-ring (bicyclic) bond motifs is 1. The molecule has 1 N–H and O–H groups in total. The second-order valence-corrected chi connectivity index (χ2v) is 8.54. The molecule has 0 fully saturated rings. The normalized spacial score (nSPS) is 16.2. The topological polar surface area (TPSA) is 77.4 Å². The third kappa shape index (κ3) is 4.28. The maximum atomic E-state index is 13.0. The van der Waals surface area contributed by atoms with Crippen LogP contribution in [-0.2, 0) is 14.3 Å². The lowest BCUT2D eigenvalue weighted by Crippen LogP contribution is -2.31. The second kappa shape index (κ2) is 7.87. The van der Waals surface area contributed by atoms with Crippen LogP contribution >= 0.6 is 0 Å². The Bertz CT molecular complexity index is 1160. The highest BCUT2D eigenvalue weighted by atomic mass is 16.6. The first-order valence-electron chi connectivity index (χ1n) is 10.2. The van der Waals surface area contributed by atoms with Gasteiger partial charge in [-0.3, -0.25) is 14.3 Å². The lowest BCUT2D eigenvalue weighted by molar-refractivity contribution is -0.114. The minimum absolute atomic E-state index is 0.00933. The van der Waals surface area contributed by atoms with Crippen LogP contribution in [0.25, 0.3) is 16.7 Å². The van der Waals surface area contributed by atoms with E-state index >= 15 is 0 Å². The van der Waals surface area contributed by atoms with Gasteiger partial charge in [-0.2, -0.15) is 0 Å². The van der Waals surface area contributed by atoms with Gasteiger partial charge in [-0.25, -0.2) is 10.2 Å². The molecular weight excluding hydrogens is 392 g/mol. The molecule has 0 radical (unpaired) electrons. The van der Waals surface area contributed by atoms with Crippen molar-refractivity contribution in [1.29, 1.82) is 0 Å². The Kier molecular flexibility index (Phi) is 5.23. The van der Waals surface area contributed by atoms with Gasteiger partial charge in [0.05, 0.1) is 0 Å². The lowest BCUT2D eigenvalue weighted by Gasteiger charge is -2.21. The van der Waals surface area contributed by atoms with Gasteiger partial charge in [0.1, 0.15) is 5.60 Å². The van der Waals surface area contributed by atoms with Crippen LogP contribution in [0.2, 0.25) is 0 Å². The smallest absolute Gasteiger partial charge is 0.426 e. The Morgan fingerprint density at radius 2 is 1.71 bits per heavy atom. The number of carbonyl (C=O) groups is 3. The second-order valence-electron chi connectivity index (χ2n) is 8.54. The van der Waals surface area contributed by atoms with Gasteiger partial charge in [-0.05, 0) is 31.9 Å². The predicted molar refractivity (Wildman–Crippen MR) is 119 cm³/mol. The van der Waals surface area contributed by atoms with Crippen LogP contribution in [-0.4, -0.2) is 27.9 Å². The zero-order valence-electron chi connectivity index (χ0n) is 17.8. The van der Waals surface area contributed by atoms with E-state index in [1.807, 2.05) is 36.4 Å². The summed E-state index contributed by atoms with van der Waals surface area (Å²) in [5, 5.41) is 0. The molecule has 0 bridgehead atoms. The lowest BCUT2D eigenvalue weighted by atomic mass is 9.80. The molecule has 1 aromatic carbocycles. The molecular formula is C25H24N2O4. The molecule has 31 heavy (non-hydrogen) atoms. The molecule has 6 heteroatoms. The van der Waals surface area contributed by atoms with Crippen molar-refractivity contribution >= 4 is 23.2 Å². The Morgan fingerprint density at radius 1 is 1.00 bits per heavy atom. The largest absolute Gasteiger partial charge is 0.443 e. The first kappa shape index (κ1) is 20.6. The summed E-state index contributed by atoms with van der Waals surface area (Å²) in [5.41, 5.74) is 6.09. The van der Waals surface area contributed by atoms with Crippen LogP contribution in [0.5, 0.6) is 0 Å². The molecule has 1 amide bonds. The van der Waals surface area contributed by atoms with Crippen LogP contribution in [0.4, 0.5) is 4.79 Å². The average molecular weight is 416 g/mol. The van der Waals surface area contributed by atoms with Crippen molar-refractivity contribution in [2.75, 3.05) is 5.43 Å². The van der Waals surface area contributed by atoms with Gasteiger partial charge in [0, 0.05) is 47.5 Å². The van der Waals surface area contributed by atoms with Gasteiger partial charge in [0.25, 0.3) is 0 Å². The maximum Gasteiger partial charge on any atom is 0.426 e. The van der Waals surface area contributed by atoms with Gasteiger partial charge in [0.2, 0.25) is 0 Å². The summed E-state index contributed by atoms with van der Waals surface area (Å²) < 4.78 is 6.85. The molecule has 0 atom stereocenters. The van der Waals surface area contributed by atoms with E-state index in [9.17, 15) is 14.4 Å². The molecule has 0 unspecified atom stereocenters. The monoisotopic (exact) mass is 416 g/mol. The number of benzene rings is 1. The molecule has 0 spiro atoms. The Balaban J connectivity index is 1.84. The van der Waals surface area contributed by atoms with Crippen molar-refractivity contribution < 1.29 is 19.1 Å². The molecule has 0 saturated carbocycles. The molecule has 0 aliphatic heterocycles. The van der Waals surface area contributed by atoms with Crippen molar-refractivity contribution in [2.45, 2.75) is 39.2 Å². The number of amides is 1. The molecule has 158 valence electrons. The summed E-state index contributed by atoms with van der Waals surface area (Å²) in [5.74, 6) is -0.0552. The van der Waals surface area contributed by atoms with E-state index < -0.39 is 11.7 Å². The molecule has 0 saturated heterocycles. The number of aromatic nitrogens is 1. The van der Waals surface area contributed by atoms with E-state index in [4.69, 9.17) is 4.74 Å². The number of nitrogens with zero attached hydrogens (tertiary/aromatic N) is 1. The number of ether oxygens (including phenoxy) is 1.